The van der Waals surface area contributed by atoms with Crippen LogP contribution >= 0.6 is 0 Å². The third kappa shape index (κ3) is 2.47. The first-order valence-electron chi connectivity index (χ1n) is 4.82. The molecule has 0 heterocycles. The van der Waals surface area contributed by atoms with Crippen LogP contribution in [-0.2, 0) is 4.79 Å². The van der Waals surface area contributed by atoms with Gasteiger partial charge in [0.25, 0.3) is 0 Å². The van der Waals surface area contributed by atoms with Crippen molar-refractivity contribution in [1.29, 1.82) is 0 Å². The molecule has 3 N–H and O–H groups in total. The molecule has 1 rings (SSSR count). The van der Waals surface area contributed by atoms with E-state index in [9.17, 15) is 9.90 Å². The first-order chi connectivity index (χ1) is 6.13. The number of hydrogen-bond donors (Lipinski definition) is 2. The summed E-state index contributed by atoms with van der Waals surface area (Å²) >= 11 is 0. The van der Waals surface area contributed by atoms with Crippen LogP contribution in [0.1, 0.15) is 39.0 Å². The van der Waals surface area contributed by atoms with Gasteiger partial charge in [0.15, 0.2) is 0 Å². The Morgan fingerprint density at radius 2 is 1.85 bits per heavy atom. The Bertz CT molecular complexity index is 227. The molecule has 0 spiro atoms. The second-order valence-electron chi connectivity index (χ2n) is 3.71. The van der Waals surface area contributed by atoms with Gasteiger partial charge in [-0.3, -0.25) is 4.79 Å². The van der Waals surface area contributed by atoms with Crippen LogP contribution < -0.4 is 5.73 Å². The zero-order valence-electron chi connectivity index (χ0n) is 8.05. The van der Waals surface area contributed by atoms with Gasteiger partial charge in [0, 0.05) is 5.92 Å². The zero-order chi connectivity index (χ0) is 9.84. The van der Waals surface area contributed by atoms with E-state index in [0.29, 0.717) is 5.57 Å². The number of rotatable bonds is 2. The van der Waals surface area contributed by atoms with Crippen LogP contribution in [0.15, 0.2) is 11.3 Å². The summed E-state index contributed by atoms with van der Waals surface area (Å²) in [5.74, 6) is -0.128. The molecule has 0 radical (unpaired) electrons. The van der Waals surface area contributed by atoms with Gasteiger partial charge in [-0.2, -0.15) is 0 Å². The highest BCUT2D eigenvalue weighted by atomic mass is 16.3. The van der Waals surface area contributed by atoms with E-state index in [4.69, 9.17) is 5.73 Å². The van der Waals surface area contributed by atoms with E-state index in [1.807, 2.05) is 0 Å². The number of aliphatic hydroxyl groups excluding tert-OH is 1. The van der Waals surface area contributed by atoms with Crippen LogP contribution in [0.2, 0.25) is 0 Å². The van der Waals surface area contributed by atoms with Crippen molar-refractivity contribution >= 4 is 5.91 Å². The van der Waals surface area contributed by atoms with Gasteiger partial charge in [0.05, 0.1) is 5.57 Å². The molecule has 1 aliphatic rings. The lowest BCUT2D eigenvalue weighted by molar-refractivity contribution is -0.114. The molecule has 0 aromatic heterocycles. The SMILES string of the molecule is CC(C(N)=O)=C(O)C1CCCCC1. The molecule has 0 atom stereocenters. The summed E-state index contributed by atoms with van der Waals surface area (Å²) in [5.41, 5.74) is 5.41. The third-order valence-corrected chi connectivity index (χ3v) is 2.75. The van der Waals surface area contributed by atoms with Crippen molar-refractivity contribution < 1.29 is 9.90 Å². The molecule has 0 aromatic rings. The summed E-state index contributed by atoms with van der Waals surface area (Å²) in [7, 11) is 0. The number of carbonyl (C=O) groups excluding carboxylic acids is 1. The number of allylic oxidation sites excluding steroid dienone is 1. The highest BCUT2D eigenvalue weighted by Gasteiger charge is 2.20. The second-order valence-corrected chi connectivity index (χ2v) is 3.71. The minimum absolute atomic E-state index is 0.168. The summed E-state index contributed by atoms with van der Waals surface area (Å²) in [5, 5.41) is 9.69. The number of hydrogen-bond acceptors (Lipinski definition) is 2. The maximum Gasteiger partial charge on any atom is 0.247 e. The molecule has 74 valence electrons. The summed E-state index contributed by atoms with van der Waals surface area (Å²) in [6.45, 7) is 1.59. The quantitative estimate of drug-likeness (QED) is 0.507. The van der Waals surface area contributed by atoms with E-state index in [0.717, 1.165) is 25.7 Å². The van der Waals surface area contributed by atoms with E-state index in [1.54, 1.807) is 6.92 Å². The van der Waals surface area contributed by atoms with Gasteiger partial charge in [-0.05, 0) is 19.8 Å². The maximum atomic E-state index is 10.8. The van der Waals surface area contributed by atoms with Crippen LogP contribution in [0.5, 0.6) is 0 Å². The van der Waals surface area contributed by atoms with Gasteiger partial charge in [0.1, 0.15) is 5.76 Å². The highest BCUT2D eigenvalue weighted by Crippen LogP contribution is 2.29. The van der Waals surface area contributed by atoms with Crippen molar-refractivity contribution in [1.82, 2.24) is 0 Å². The average molecular weight is 183 g/mol. The molecule has 3 nitrogen and oxygen atoms in total. The summed E-state index contributed by atoms with van der Waals surface area (Å²) in [4.78, 5) is 10.8. The monoisotopic (exact) mass is 183 g/mol. The lowest BCUT2D eigenvalue weighted by atomic mass is 9.86. The minimum atomic E-state index is -0.511. The number of nitrogens with two attached hydrogens (primary N) is 1. The Morgan fingerprint density at radius 3 is 2.31 bits per heavy atom. The lowest BCUT2D eigenvalue weighted by Crippen LogP contribution is -2.18. The summed E-state index contributed by atoms with van der Waals surface area (Å²) < 4.78 is 0. The molecule has 0 saturated heterocycles. The van der Waals surface area contributed by atoms with Crippen molar-refractivity contribution in [3.8, 4) is 0 Å². The summed E-state index contributed by atoms with van der Waals surface area (Å²) in [6, 6.07) is 0. The van der Waals surface area contributed by atoms with E-state index in [2.05, 4.69) is 0 Å². The zero-order valence-corrected chi connectivity index (χ0v) is 8.05. The Morgan fingerprint density at radius 1 is 1.31 bits per heavy atom. The van der Waals surface area contributed by atoms with E-state index < -0.39 is 5.91 Å². The van der Waals surface area contributed by atoms with Crippen molar-refractivity contribution in [2.45, 2.75) is 39.0 Å². The normalized spacial score (nSPS) is 21.0. The lowest BCUT2D eigenvalue weighted by Gasteiger charge is -2.21. The van der Waals surface area contributed by atoms with Crippen LogP contribution in [0.4, 0.5) is 0 Å². The number of amides is 1. The number of carbonyl (C=O) groups is 1. The molecular weight excluding hydrogens is 166 g/mol. The molecule has 3 heteroatoms. The van der Waals surface area contributed by atoms with Crippen molar-refractivity contribution in [3.05, 3.63) is 11.3 Å². The van der Waals surface area contributed by atoms with Gasteiger partial charge >= 0.3 is 0 Å². The molecule has 1 saturated carbocycles. The molecule has 0 bridgehead atoms. The molecule has 1 amide bonds. The number of aliphatic hydroxyl groups is 1. The van der Waals surface area contributed by atoms with Crippen molar-refractivity contribution in [3.63, 3.8) is 0 Å². The minimum Gasteiger partial charge on any atom is -0.512 e. The predicted molar refractivity (Wildman–Crippen MR) is 51.1 cm³/mol. The van der Waals surface area contributed by atoms with Crippen molar-refractivity contribution in [2.75, 3.05) is 0 Å². The van der Waals surface area contributed by atoms with Crippen LogP contribution in [0.3, 0.4) is 0 Å². The largest absolute Gasteiger partial charge is 0.512 e. The molecule has 1 aliphatic carbocycles. The Hall–Kier alpha value is -0.990. The first-order valence-corrected chi connectivity index (χ1v) is 4.82. The number of primary amides is 1. The molecule has 1 fully saturated rings. The van der Waals surface area contributed by atoms with Gasteiger partial charge in [-0.15, -0.1) is 0 Å². The van der Waals surface area contributed by atoms with E-state index in [1.165, 1.54) is 6.42 Å². The molecular formula is C10H17NO2. The molecule has 13 heavy (non-hydrogen) atoms. The van der Waals surface area contributed by atoms with Crippen LogP contribution in [-0.4, -0.2) is 11.0 Å². The molecule has 0 aliphatic heterocycles. The fraction of sp³-hybridized carbons (Fsp3) is 0.700. The second kappa shape index (κ2) is 4.30. The topological polar surface area (TPSA) is 63.3 Å². The third-order valence-electron chi connectivity index (χ3n) is 2.75. The van der Waals surface area contributed by atoms with Gasteiger partial charge in [-0.25, -0.2) is 0 Å². The average Bonchev–Trinajstić information content (AvgIpc) is 2.17. The van der Waals surface area contributed by atoms with E-state index in [-0.39, 0.29) is 11.7 Å². The Kier molecular flexibility index (Phi) is 3.34. The fourth-order valence-corrected chi connectivity index (χ4v) is 1.81. The Balaban J connectivity index is 2.68. The maximum absolute atomic E-state index is 10.8. The standard InChI is InChI=1S/C10H17NO2/c1-7(10(11)13)9(12)8-5-3-2-4-6-8/h8,12H,2-6H2,1H3,(H2,11,13). The Labute approximate surface area is 78.6 Å². The fourth-order valence-electron chi connectivity index (χ4n) is 1.81. The van der Waals surface area contributed by atoms with Gasteiger partial charge in [0.2, 0.25) is 5.91 Å². The summed E-state index contributed by atoms with van der Waals surface area (Å²) in [6.07, 6.45) is 5.48. The van der Waals surface area contributed by atoms with Crippen LogP contribution in [0, 0.1) is 5.92 Å². The highest BCUT2D eigenvalue weighted by molar-refractivity contribution is 5.91. The van der Waals surface area contributed by atoms with Gasteiger partial charge < -0.3 is 10.8 Å². The molecule has 0 aromatic carbocycles. The van der Waals surface area contributed by atoms with Gasteiger partial charge in [-0.1, -0.05) is 19.3 Å². The predicted octanol–water partition coefficient (Wildman–Crippen LogP) is 1.88. The first kappa shape index (κ1) is 10.1. The van der Waals surface area contributed by atoms with E-state index >= 15 is 0 Å². The smallest absolute Gasteiger partial charge is 0.247 e. The molecule has 0 unspecified atom stereocenters. The van der Waals surface area contributed by atoms with Crippen molar-refractivity contribution in [2.24, 2.45) is 11.7 Å². The van der Waals surface area contributed by atoms with Crippen LogP contribution in [0.25, 0.3) is 0 Å².